The van der Waals surface area contributed by atoms with E-state index in [0.717, 1.165) is 22.5 Å². The van der Waals surface area contributed by atoms with Crippen molar-refractivity contribution in [1.29, 1.82) is 0 Å². The van der Waals surface area contributed by atoms with Gasteiger partial charge >= 0.3 is 0 Å². The Morgan fingerprint density at radius 3 is 2.69 bits per heavy atom. The molecule has 2 N–H and O–H groups in total. The minimum absolute atomic E-state index is 0.0355. The number of carbonyl (C=O) groups is 2. The Morgan fingerprint density at radius 1 is 1.12 bits per heavy atom. The Bertz CT molecular complexity index is 1870. The SMILES string of the molecule is COc1cc(C2C(C(=O)c3cc4ccccc4o3)=C(O)C(=O)N2c2nnc(SCc3ccc(C)cc3Cl)s2)ccc1O. The van der Waals surface area contributed by atoms with Crippen LogP contribution >= 0.6 is 34.7 Å². The van der Waals surface area contributed by atoms with Gasteiger partial charge < -0.3 is 19.4 Å². The van der Waals surface area contributed by atoms with Crippen LogP contribution in [0.25, 0.3) is 11.0 Å². The van der Waals surface area contributed by atoms with E-state index in [-0.39, 0.29) is 28.0 Å². The fourth-order valence-electron chi connectivity index (χ4n) is 4.71. The molecule has 0 saturated carbocycles. The molecule has 0 spiro atoms. The van der Waals surface area contributed by atoms with E-state index >= 15 is 0 Å². The lowest BCUT2D eigenvalue weighted by Gasteiger charge is -2.24. The number of fused-ring (bicyclic) bond motifs is 1. The van der Waals surface area contributed by atoms with Gasteiger partial charge in [0.05, 0.1) is 18.7 Å². The van der Waals surface area contributed by atoms with Crippen LogP contribution in [0.1, 0.15) is 33.3 Å². The molecule has 3 aromatic carbocycles. The fourth-order valence-corrected chi connectivity index (χ4v) is 6.96. The molecule has 0 bridgehead atoms. The van der Waals surface area contributed by atoms with Gasteiger partial charge in [-0.25, -0.2) is 0 Å². The second-order valence-corrected chi connectivity index (χ2v) is 12.1. The van der Waals surface area contributed by atoms with Crippen LogP contribution in [-0.4, -0.2) is 39.2 Å². The number of carbonyl (C=O) groups excluding carboxylic acids is 2. The first-order chi connectivity index (χ1) is 20.2. The number of para-hydroxylation sites is 1. The third-order valence-electron chi connectivity index (χ3n) is 6.78. The zero-order valence-electron chi connectivity index (χ0n) is 22.2. The van der Waals surface area contributed by atoms with Gasteiger partial charge in [-0.3, -0.25) is 14.5 Å². The van der Waals surface area contributed by atoms with E-state index in [1.165, 1.54) is 35.9 Å². The normalized spacial score (nSPS) is 15.2. The van der Waals surface area contributed by atoms with Crippen LogP contribution in [0.3, 0.4) is 0 Å². The number of furan rings is 1. The molecule has 9 nitrogen and oxygen atoms in total. The topological polar surface area (TPSA) is 126 Å². The molecular formula is C30H22ClN3O6S2. The number of Topliss-reactive ketones (excluding diaryl/α,β-unsaturated/α-hetero) is 1. The third-order valence-corrected chi connectivity index (χ3v) is 9.24. The number of phenols is 1. The number of ether oxygens (including phenoxy) is 1. The Labute approximate surface area is 253 Å². The van der Waals surface area contributed by atoms with E-state index in [2.05, 4.69) is 10.2 Å². The van der Waals surface area contributed by atoms with Crippen molar-refractivity contribution < 1.29 is 29.0 Å². The first kappa shape index (κ1) is 27.8. The fraction of sp³-hybridized carbons (Fsp3) is 0.133. The van der Waals surface area contributed by atoms with Gasteiger partial charge in [0.1, 0.15) is 5.58 Å². The number of hydrogen-bond acceptors (Lipinski definition) is 10. The molecule has 1 aliphatic rings. The smallest absolute Gasteiger partial charge is 0.296 e. The number of phenolic OH excluding ortho intramolecular Hbond substituents is 1. The number of aryl methyl sites for hydroxylation is 1. The number of halogens is 1. The molecule has 1 atom stereocenters. The maximum absolute atomic E-state index is 13.9. The average molecular weight is 620 g/mol. The summed E-state index contributed by atoms with van der Waals surface area (Å²) >= 11 is 8.92. The number of aromatic hydroxyl groups is 1. The molecule has 3 heterocycles. The number of amides is 1. The largest absolute Gasteiger partial charge is 0.504 e. The maximum Gasteiger partial charge on any atom is 0.296 e. The van der Waals surface area contributed by atoms with Gasteiger partial charge in [-0.1, -0.05) is 71.1 Å². The number of hydrogen-bond donors (Lipinski definition) is 2. The molecular weight excluding hydrogens is 598 g/mol. The molecule has 1 unspecified atom stereocenters. The van der Waals surface area contributed by atoms with E-state index in [0.29, 0.717) is 31.6 Å². The number of ketones is 1. The highest BCUT2D eigenvalue weighted by Gasteiger charge is 2.47. The second kappa shape index (κ2) is 11.2. The minimum Gasteiger partial charge on any atom is -0.504 e. The van der Waals surface area contributed by atoms with Crippen molar-refractivity contribution >= 4 is 62.5 Å². The number of rotatable bonds is 8. The molecule has 12 heteroatoms. The summed E-state index contributed by atoms with van der Waals surface area (Å²) < 4.78 is 11.6. The first-order valence-corrected chi connectivity index (χ1v) is 14.8. The summed E-state index contributed by atoms with van der Waals surface area (Å²) in [6.45, 7) is 1.96. The summed E-state index contributed by atoms with van der Waals surface area (Å²) in [7, 11) is 1.39. The second-order valence-electron chi connectivity index (χ2n) is 9.48. The van der Waals surface area contributed by atoms with Crippen LogP contribution in [0.4, 0.5) is 5.13 Å². The maximum atomic E-state index is 13.9. The lowest BCUT2D eigenvalue weighted by molar-refractivity contribution is -0.117. The number of aliphatic hydroxyl groups excluding tert-OH is 1. The summed E-state index contributed by atoms with van der Waals surface area (Å²) in [6.07, 6.45) is 0. The lowest BCUT2D eigenvalue weighted by atomic mass is 9.95. The highest BCUT2D eigenvalue weighted by molar-refractivity contribution is 8.00. The number of benzene rings is 3. The molecule has 1 amide bonds. The highest BCUT2D eigenvalue weighted by Crippen LogP contribution is 2.45. The van der Waals surface area contributed by atoms with Crippen LogP contribution in [0, 0.1) is 6.92 Å². The van der Waals surface area contributed by atoms with E-state index < -0.39 is 23.5 Å². The lowest BCUT2D eigenvalue weighted by Crippen LogP contribution is -2.31. The zero-order valence-corrected chi connectivity index (χ0v) is 24.6. The quantitative estimate of drug-likeness (QED) is 0.107. The van der Waals surface area contributed by atoms with Crippen LogP contribution < -0.4 is 9.64 Å². The summed E-state index contributed by atoms with van der Waals surface area (Å²) in [5.41, 5.74) is 2.68. The molecule has 5 aromatic rings. The Morgan fingerprint density at radius 2 is 1.93 bits per heavy atom. The zero-order chi connectivity index (χ0) is 29.5. The predicted molar refractivity (Wildman–Crippen MR) is 161 cm³/mol. The molecule has 0 saturated heterocycles. The van der Waals surface area contributed by atoms with Crippen molar-refractivity contribution in [2.45, 2.75) is 23.1 Å². The van der Waals surface area contributed by atoms with Gasteiger partial charge in [-0.05, 0) is 53.9 Å². The molecule has 1 aliphatic heterocycles. The van der Waals surface area contributed by atoms with Crippen molar-refractivity contribution in [2.24, 2.45) is 0 Å². The Kier molecular flexibility index (Phi) is 7.40. The Balaban J connectivity index is 1.38. The van der Waals surface area contributed by atoms with Gasteiger partial charge in [0.25, 0.3) is 5.91 Å². The number of methoxy groups -OCH3 is 1. The van der Waals surface area contributed by atoms with Crippen LogP contribution in [0.5, 0.6) is 11.5 Å². The van der Waals surface area contributed by atoms with Crippen LogP contribution in [0.15, 0.2) is 86.8 Å². The molecule has 0 aliphatic carbocycles. The molecule has 212 valence electrons. The average Bonchev–Trinajstić information content (AvgIpc) is 3.69. The van der Waals surface area contributed by atoms with Gasteiger partial charge in [0.2, 0.25) is 10.9 Å². The summed E-state index contributed by atoms with van der Waals surface area (Å²) in [5.74, 6) is -1.71. The van der Waals surface area contributed by atoms with Gasteiger partial charge in [0.15, 0.2) is 27.4 Å². The highest BCUT2D eigenvalue weighted by atomic mass is 35.5. The van der Waals surface area contributed by atoms with Gasteiger partial charge in [-0.15, -0.1) is 10.2 Å². The number of aliphatic hydroxyl groups is 1. The number of anilines is 1. The van der Waals surface area contributed by atoms with Gasteiger partial charge in [0, 0.05) is 16.2 Å². The third kappa shape index (κ3) is 5.00. The summed E-state index contributed by atoms with van der Waals surface area (Å²) in [4.78, 5) is 28.6. The van der Waals surface area contributed by atoms with Crippen molar-refractivity contribution in [3.8, 4) is 11.5 Å². The minimum atomic E-state index is -1.11. The number of thioether (sulfide) groups is 1. The number of aromatic nitrogens is 2. The van der Waals surface area contributed by atoms with Crippen molar-refractivity contribution in [1.82, 2.24) is 10.2 Å². The van der Waals surface area contributed by atoms with E-state index in [4.69, 9.17) is 20.8 Å². The number of nitrogens with zero attached hydrogens (tertiary/aromatic N) is 3. The molecule has 2 aromatic heterocycles. The van der Waals surface area contributed by atoms with Crippen LogP contribution in [-0.2, 0) is 10.5 Å². The predicted octanol–water partition coefficient (Wildman–Crippen LogP) is 7.04. The van der Waals surface area contributed by atoms with E-state index in [9.17, 15) is 19.8 Å². The van der Waals surface area contributed by atoms with E-state index in [1.807, 2.05) is 31.2 Å². The van der Waals surface area contributed by atoms with E-state index in [1.54, 1.807) is 30.3 Å². The van der Waals surface area contributed by atoms with Crippen LogP contribution in [0.2, 0.25) is 5.02 Å². The summed E-state index contributed by atoms with van der Waals surface area (Å²) in [6, 6.07) is 17.8. The monoisotopic (exact) mass is 619 g/mol. The van der Waals surface area contributed by atoms with Crippen molar-refractivity contribution in [3.63, 3.8) is 0 Å². The van der Waals surface area contributed by atoms with Gasteiger partial charge in [-0.2, -0.15) is 0 Å². The molecule has 6 rings (SSSR count). The standard InChI is InChI=1S/C30H22ClN3O6S2/c1-15-7-8-18(19(31)11-15)14-41-30-33-32-29(42-30)34-25(17-9-10-20(35)22(13-17)39-2)24(27(37)28(34)38)26(36)23-12-16-5-3-4-6-21(16)40-23/h3-13,25,35,37H,14H2,1-2H3. The molecule has 42 heavy (non-hydrogen) atoms. The van der Waals surface area contributed by atoms with Crippen molar-refractivity contribution in [3.05, 3.63) is 106 Å². The molecule has 0 radical (unpaired) electrons. The first-order valence-electron chi connectivity index (χ1n) is 12.6. The Hall–Kier alpha value is -4.32. The van der Waals surface area contributed by atoms with Crippen molar-refractivity contribution in [2.75, 3.05) is 12.0 Å². The summed E-state index contributed by atoms with van der Waals surface area (Å²) in [5, 5.41) is 31.3. The molecule has 0 fully saturated rings.